The lowest BCUT2D eigenvalue weighted by molar-refractivity contribution is 0.503. The van der Waals surface area contributed by atoms with Gasteiger partial charge in [0.1, 0.15) is 12.0 Å². The highest BCUT2D eigenvalue weighted by atomic mass is 79.9. The van der Waals surface area contributed by atoms with Gasteiger partial charge in [0.25, 0.3) is 0 Å². The maximum atomic E-state index is 5.51. The lowest BCUT2D eigenvalue weighted by Gasteiger charge is -1.89. The van der Waals surface area contributed by atoms with Gasteiger partial charge in [-0.3, -0.25) is 0 Å². The van der Waals surface area contributed by atoms with Crippen molar-refractivity contribution in [2.75, 3.05) is 6.54 Å². The second-order valence-electron chi connectivity index (χ2n) is 3.01. The minimum absolute atomic E-state index is 0.589. The van der Waals surface area contributed by atoms with Gasteiger partial charge in [0.05, 0.1) is 4.47 Å². The van der Waals surface area contributed by atoms with Crippen LogP contribution in [0.1, 0.15) is 18.1 Å². The number of furan rings is 1. The summed E-state index contributed by atoms with van der Waals surface area (Å²) in [5.74, 6) is 2.33. The van der Waals surface area contributed by atoms with E-state index in [-0.39, 0.29) is 0 Å². The van der Waals surface area contributed by atoms with Crippen LogP contribution in [0.4, 0.5) is 0 Å². The Hall–Kier alpha value is -0.280. The number of halogens is 1. The molecule has 0 spiro atoms. The molecule has 0 saturated heterocycles. The summed E-state index contributed by atoms with van der Waals surface area (Å²) in [4.78, 5) is 0. The molecule has 1 aliphatic rings. The zero-order valence-corrected chi connectivity index (χ0v) is 7.67. The third-order valence-electron chi connectivity index (χ3n) is 2.18. The van der Waals surface area contributed by atoms with Crippen molar-refractivity contribution < 1.29 is 4.42 Å². The van der Waals surface area contributed by atoms with Crippen LogP contribution in [0.2, 0.25) is 0 Å². The van der Waals surface area contributed by atoms with Gasteiger partial charge in [-0.05, 0) is 40.9 Å². The van der Waals surface area contributed by atoms with E-state index in [1.807, 2.05) is 6.07 Å². The van der Waals surface area contributed by atoms with Crippen molar-refractivity contribution in [3.8, 4) is 0 Å². The van der Waals surface area contributed by atoms with Crippen LogP contribution >= 0.6 is 15.9 Å². The fraction of sp³-hybridized carbons (Fsp3) is 0.500. The van der Waals surface area contributed by atoms with Crippen LogP contribution in [-0.2, 0) is 0 Å². The Morgan fingerprint density at radius 3 is 3.00 bits per heavy atom. The van der Waals surface area contributed by atoms with E-state index in [0.29, 0.717) is 11.8 Å². The average molecular weight is 216 g/mol. The monoisotopic (exact) mass is 215 g/mol. The topological polar surface area (TPSA) is 39.2 Å². The van der Waals surface area contributed by atoms with Crippen LogP contribution in [0.3, 0.4) is 0 Å². The molecule has 1 saturated carbocycles. The van der Waals surface area contributed by atoms with Crippen LogP contribution in [-0.4, -0.2) is 6.54 Å². The minimum atomic E-state index is 0.589. The van der Waals surface area contributed by atoms with Crippen LogP contribution in [0, 0.1) is 5.92 Å². The van der Waals surface area contributed by atoms with E-state index in [1.165, 1.54) is 6.42 Å². The minimum Gasteiger partial charge on any atom is -0.468 e. The standard InChI is InChI=1S/C8H10BrNO/c9-6-2-8(11-4-6)7-1-5(7)3-10/h2,4-5,7H,1,3,10H2. The van der Waals surface area contributed by atoms with Gasteiger partial charge in [-0.2, -0.15) is 0 Å². The van der Waals surface area contributed by atoms with Gasteiger partial charge in [0.15, 0.2) is 0 Å². The molecule has 3 heteroatoms. The molecule has 2 rings (SSSR count). The quantitative estimate of drug-likeness (QED) is 0.822. The van der Waals surface area contributed by atoms with Crippen LogP contribution < -0.4 is 5.73 Å². The fourth-order valence-corrected chi connectivity index (χ4v) is 1.70. The molecule has 2 unspecified atom stereocenters. The number of hydrogen-bond donors (Lipinski definition) is 1. The largest absolute Gasteiger partial charge is 0.468 e. The average Bonchev–Trinajstić information content (AvgIpc) is 2.68. The van der Waals surface area contributed by atoms with Crippen molar-refractivity contribution in [1.29, 1.82) is 0 Å². The van der Waals surface area contributed by atoms with Crippen molar-refractivity contribution in [3.63, 3.8) is 0 Å². The maximum Gasteiger partial charge on any atom is 0.108 e. The highest BCUT2D eigenvalue weighted by Crippen LogP contribution is 2.47. The molecule has 2 nitrogen and oxygen atoms in total. The van der Waals surface area contributed by atoms with Gasteiger partial charge in [-0.25, -0.2) is 0 Å². The lowest BCUT2D eigenvalue weighted by Crippen LogP contribution is -2.01. The smallest absolute Gasteiger partial charge is 0.108 e. The second-order valence-corrected chi connectivity index (χ2v) is 3.92. The summed E-state index contributed by atoms with van der Waals surface area (Å²) in [5.41, 5.74) is 5.51. The third-order valence-corrected chi connectivity index (χ3v) is 2.59. The van der Waals surface area contributed by atoms with Crippen molar-refractivity contribution >= 4 is 15.9 Å². The Bertz CT molecular complexity index is 258. The van der Waals surface area contributed by atoms with Crippen molar-refractivity contribution in [2.24, 2.45) is 11.7 Å². The van der Waals surface area contributed by atoms with E-state index in [9.17, 15) is 0 Å². The number of hydrogen-bond acceptors (Lipinski definition) is 2. The molecule has 2 N–H and O–H groups in total. The van der Waals surface area contributed by atoms with E-state index in [2.05, 4.69) is 15.9 Å². The summed E-state index contributed by atoms with van der Waals surface area (Å²) in [5, 5.41) is 0. The van der Waals surface area contributed by atoms with Crippen molar-refractivity contribution in [2.45, 2.75) is 12.3 Å². The summed E-state index contributed by atoms with van der Waals surface area (Å²) in [6.07, 6.45) is 2.91. The molecule has 11 heavy (non-hydrogen) atoms. The Labute approximate surface area is 73.9 Å². The molecule has 0 amide bonds. The molecule has 1 fully saturated rings. The first-order chi connectivity index (χ1) is 5.31. The normalized spacial score (nSPS) is 28.9. The highest BCUT2D eigenvalue weighted by Gasteiger charge is 2.39. The molecule has 2 atom stereocenters. The molecular formula is C8H10BrNO. The highest BCUT2D eigenvalue weighted by molar-refractivity contribution is 9.10. The maximum absolute atomic E-state index is 5.51. The molecule has 1 aromatic heterocycles. The molecule has 1 aliphatic carbocycles. The fourth-order valence-electron chi connectivity index (χ4n) is 1.38. The first kappa shape index (κ1) is 7.37. The van der Waals surface area contributed by atoms with E-state index in [4.69, 9.17) is 10.2 Å². The van der Waals surface area contributed by atoms with Gasteiger partial charge in [0.2, 0.25) is 0 Å². The Morgan fingerprint density at radius 2 is 2.55 bits per heavy atom. The predicted molar refractivity (Wildman–Crippen MR) is 46.3 cm³/mol. The summed E-state index contributed by atoms with van der Waals surface area (Å²) in [6.45, 7) is 0.781. The van der Waals surface area contributed by atoms with Gasteiger partial charge in [0, 0.05) is 5.92 Å². The summed E-state index contributed by atoms with van der Waals surface area (Å²) in [7, 11) is 0. The van der Waals surface area contributed by atoms with E-state index in [1.54, 1.807) is 6.26 Å². The molecule has 0 bridgehead atoms. The molecule has 60 valence electrons. The molecule has 1 aromatic rings. The van der Waals surface area contributed by atoms with Gasteiger partial charge in [-0.15, -0.1) is 0 Å². The van der Waals surface area contributed by atoms with Gasteiger partial charge >= 0.3 is 0 Å². The summed E-state index contributed by atoms with van der Waals surface area (Å²) < 4.78 is 6.34. The van der Waals surface area contributed by atoms with Crippen LogP contribution in [0.25, 0.3) is 0 Å². The molecule has 0 aromatic carbocycles. The van der Waals surface area contributed by atoms with Gasteiger partial charge < -0.3 is 10.2 Å². The molecular weight excluding hydrogens is 206 g/mol. The van der Waals surface area contributed by atoms with Gasteiger partial charge in [-0.1, -0.05) is 0 Å². The van der Waals surface area contributed by atoms with E-state index in [0.717, 1.165) is 16.8 Å². The zero-order chi connectivity index (χ0) is 7.84. The van der Waals surface area contributed by atoms with E-state index >= 15 is 0 Å². The van der Waals surface area contributed by atoms with Crippen molar-refractivity contribution in [3.05, 3.63) is 22.6 Å². The lowest BCUT2D eigenvalue weighted by atomic mass is 10.2. The van der Waals surface area contributed by atoms with Crippen LogP contribution in [0.15, 0.2) is 21.2 Å². The van der Waals surface area contributed by atoms with E-state index < -0.39 is 0 Å². The molecule has 0 radical (unpaired) electrons. The molecule has 0 aliphatic heterocycles. The zero-order valence-electron chi connectivity index (χ0n) is 6.09. The Balaban J connectivity index is 2.08. The number of rotatable bonds is 2. The first-order valence-electron chi connectivity index (χ1n) is 3.75. The van der Waals surface area contributed by atoms with Crippen LogP contribution in [0.5, 0.6) is 0 Å². The predicted octanol–water partition coefficient (Wildman–Crippen LogP) is 2.10. The van der Waals surface area contributed by atoms with Crippen molar-refractivity contribution in [1.82, 2.24) is 0 Å². The summed E-state index contributed by atoms with van der Waals surface area (Å²) in [6, 6.07) is 2.03. The Kier molecular flexibility index (Phi) is 1.77. The molecule has 1 heterocycles. The summed E-state index contributed by atoms with van der Waals surface area (Å²) >= 11 is 3.35. The first-order valence-corrected chi connectivity index (χ1v) is 4.54. The SMILES string of the molecule is NCC1CC1c1cc(Br)co1. The number of nitrogens with two attached hydrogens (primary N) is 1. The third kappa shape index (κ3) is 1.35. The second kappa shape index (κ2) is 2.64. The Morgan fingerprint density at radius 1 is 1.73 bits per heavy atom.